The number of phenols is 1. The first-order valence-corrected chi connectivity index (χ1v) is 10.4. The smallest absolute Gasteiger partial charge is 0.416 e. The molecule has 4 rings (SSSR count). The van der Waals surface area contributed by atoms with Crippen molar-refractivity contribution in [3.05, 3.63) is 99.5 Å². The van der Waals surface area contributed by atoms with Gasteiger partial charge in [-0.1, -0.05) is 46.3 Å². The number of aliphatic hydroxyl groups is 1. The lowest BCUT2D eigenvalue weighted by atomic mass is 9.95. The van der Waals surface area contributed by atoms with E-state index in [-0.39, 0.29) is 28.1 Å². The Morgan fingerprint density at radius 1 is 0.939 bits per heavy atom. The van der Waals surface area contributed by atoms with Gasteiger partial charge in [-0.25, -0.2) is 0 Å². The molecule has 5 nitrogen and oxygen atoms in total. The Labute approximate surface area is 194 Å². The van der Waals surface area contributed by atoms with Gasteiger partial charge in [0, 0.05) is 15.7 Å². The number of hydrogen-bond acceptors (Lipinski definition) is 4. The summed E-state index contributed by atoms with van der Waals surface area (Å²) in [6, 6.07) is 14.7. The fourth-order valence-electron chi connectivity index (χ4n) is 3.70. The van der Waals surface area contributed by atoms with Crippen LogP contribution in [0.1, 0.15) is 22.7 Å². The second-order valence-corrected chi connectivity index (χ2v) is 8.23. The highest BCUT2D eigenvalue weighted by atomic mass is 79.9. The average molecular weight is 518 g/mol. The van der Waals surface area contributed by atoms with Crippen LogP contribution in [0.15, 0.2) is 82.8 Å². The normalized spacial score (nSPS) is 18.1. The molecule has 3 aromatic carbocycles. The molecule has 1 unspecified atom stereocenters. The van der Waals surface area contributed by atoms with E-state index in [1.165, 1.54) is 42.5 Å². The van der Waals surface area contributed by atoms with Crippen molar-refractivity contribution < 1.29 is 33.0 Å². The van der Waals surface area contributed by atoms with Gasteiger partial charge in [0.2, 0.25) is 0 Å². The minimum Gasteiger partial charge on any atom is -0.508 e. The Morgan fingerprint density at radius 2 is 1.61 bits per heavy atom. The number of rotatable bonds is 3. The molecular weight excluding hydrogens is 503 g/mol. The van der Waals surface area contributed by atoms with Crippen LogP contribution >= 0.6 is 15.9 Å². The quantitative estimate of drug-likeness (QED) is 0.261. The van der Waals surface area contributed by atoms with Crippen molar-refractivity contribution in [1.82, 2.24) is 0 Å². The third kappa shape index (κ3) is 4.23. The van der Waals surface area contributed by atoms with Crippen LogP contribution in [0.25, 0.3) is 5.76 Å². The summed E-state index contributed by atoms with van der Waals surface area (Å²) in [5, 5.41) is 20.9. The molecule has 168 valence electrons. The number of benzene rings is 3. The molecule has 3 aromatic rings. The zero-order chi connectivity index (χ0) is 23.9. The molecule has 0 spiro atoms. The molecule has 9 heteroatoms. The molecule has 1 heterocycles. The summed E-state index contributed by atoms with van der Waals surface area (Å²) < 4.78 is 40.6. The Bertz CT molecular complexity index is 1290. The molecule has 0 saturated carbocycles. The molecule has 1 saturated heterocycles. The first-order chi connectivity index (χ1) is 15.6. The molecular formula is C24H15BrF3NO4. The first-order valence-electron chi connectivity index (χ1n) is 9.61. The van der Waals surface area contributed by atoms with Gasteiger partial charge in [-0.05, 0) is 48.0 Å². The standard InChI is InChI=1S/C24H15BrF3NO4/c25-16-9-7-13(8-10-16)21(31)19-20(14-3-1-6-18(30)11-14)29(23(33)22(19)32)17-5-2-4-15(12-17)24(26,27)28/h1-12,20,30-31H/b21-19+. The highest BCUT2D eigenvalue weighted by molar-refractivity contribution is 9.10. The second-order valence-electron chi connectivity index (χ2n) is 7.32. The number of carbonyl (C=O) groups excluding carboxylic acids is 2. The monoisotopic (exact) mass is 517 g/mol. The first kappa shape index (κ1) is 22.6. The van der Waals surface area contributed by atoms with Crippen LogP contribution in [0.3, 0.4) is 0 Å². The van der Waals surface area contributed by atoms with E-state index in [0.717, 1.165) is 23.1 Å². The van der Waals surface area contributed by atoms with Crippen LogP contribution in [0.4, 0.5) is 18.9 Å². The lowest BCUT2D eigenvalue weighted by molar-refractivity contribution is -0.137. The number of aliphatic hydroxyl groups excluding tert-OH is 1. The maximum Gasteiger partial charge on any atom is 0.416 e. The van der Waals surface area contributed by atoms with Crippen molar-refractivity contribution in [2.45, 2.75) is 12.2 Å². The highest BCUT2D eigenvalue weighted by Crippen LogP contribution is 2.44. The summed E-state index contributed by atoms with van der Waals surface area (Å²) in [6.07, 6.45) is -4.67. The maximum absolute atomic E-state index is 13.3. The maximum atomic E-state index is 13.3. The molecule has 0 aliphatic carbocycles. The van der Waals surface area contributed by atoms with E-state index in [1.807, 2.05) is 0 Å². The molecule has 1 aliphatic rings. The number of alkyl halides is 3. The van der Waals surface area contributed by atoms with Gasteiger partial charge < -0.3 is 10.2 Å². The summed E-state index contributed by atoms with van der Waals surface area (Å²) in [4.78, 5) is 26.9. The van der Waals surface area contributed by atoms with E-state index >= 15 is 0 Å². The van der Waals surface area contributed by atoms with Gasteiger partial charge in [0.1, 0.15) is 11.5 Å². The van der Waals surface area contributed by atoms with Crippen LogP contribution in [0, 0.1) is 0 Å². The van der Waals surface area contributed by atoms with E-state index in [0.29, 0.717) is 4.47 Å². The van der Waals surface area contributed by atoms with Crippen LogP contribution < -0.4 is 4.90 Å². The second kappa shape index (κ2) is 8.40. The predicted octanol–water partition coefficient (Wildman–Crippen LogP) is 5.80. The minimum absolute atomic E-state index is 0.171. The Kier molecular flexibility index (Phi) is 5.75. The number of aromatic hydroxyl groups is 1. The van der Waals surface area contributed by atoms with E-state index < -0.39 is 35.2 Å². The van der Waals surface area contributed by atoms with Gasteiger partial charge in [0.15, 0.2) is 0 Å². The fraction of sp³-hybridized carbons (Fsp3) is 0.0833. The molecule has 0 bridgehead atoms. The molecule has 1 atom stereocenters. The average Bonchev–Trinajstić information content (AvgIpc) is 3.04. The fourth-order valence-corrected chi connectivity index (χ4v) is 3.97. The minimum atomic E-state index is -4.67. The molecule has 1 fully saturated rings. The zero-order valence-corrected chi connectivity index (χ0v) is 18.3. The van der Waals surface area contributed by atoms with Crippen LogP contribution in [-0.4, -0.2) is 21.9 Å². The number of ketones is 1. The summed E-state index contributed by atoms with van der Waals surface area (Å²) in [5.74, 6) is -2.81. The van der Waals surface area contributed by atoms with E-state index in [1.54, 1.807) is 12.1 Å². The Hall–Kier alpha value is -3.59. The lowest BCUT2D eigenvalue weighted by Crippen LogP contribution is -2.29. The number of phenolic OH excluding ortho intramolecular Hbond substituents is 1. The van der Waals surface area contributed by atoms with Crippen molar-refractivity contribution in [3.63, 3.8) is 0 Å². The van der Waals surface area contributed by atoms with Crippen LogP contribution in [-0.2, 0) is 15.8 Å². The van der Waals surface area contributed by atoms with Crippen LogP contribution in [0.2, 0.25) is 0 Å². The number of carbonyl (C=O) groups is 2. The lowest BCUT2D eigenvalue weighted by Gasteiger charge is -2.26. The number of halogens is 4. The number of nitrogens with zero attached hydrogens (tertiary/aromatic N) is 1. The largest absolute Gasteiger partial charge is 0.508 e. The Morgan fingerprint density at radius 3 is 2.24 bits per heavy atom. The summed E-state index contributed by atoms with van der Waals surface area (Å²) in [6.45, 7) is 0. The van der Waals surface area contributed by atoms with Crippen LogP contribution in [0.5, 0.6) is 5.75 Å². The molecule has 1 aliphatic heterocycles. The van der Waals surface area contributed by atoms with Gasteiger partial charge >= 0.3 is 6.18 Å². The van der Waals surface area contributed by atoms with Crippen molar-refractivity contribution in [2.75, 3.05) is 4.90 Å². The van der Waals surface area contributed by atoms with Crippen molar-refractivity contribution >= 4 is 39.1 Å². The van der Waals surface area contributed by atoms with Crippen molar-refractivity contribution in [2.24, 2.45) is 0 Å². The summed E-state index contributed by atoms with van der Waals surface area (Å²) >= 11 is 3.27. The van der Waals surface area contributed by atoms with E-state index in [4.69, 9.17) is 0 Å². The van der Waals surface area contributed by atoms with Crippen molar-refractivity contribution in [3.8, 4) is 5.75 Å². The van der Waals surface area contributed by atoms with E-state index in [2.05, 4.69) is 15.9 Å². The third-order valence-corrected chi connectivity index (χ3v) is 5.73. The van der Waals surface area contributed by atoms with Gasteiger partial charge in [0.25, 0.3) is 11.7 Å². The van der Waals surface area contributed by atoms with Gasteiger partial charge in [-0.3, -0.25) is 14.5 Å². The van der Waals surface area contributed by atoms with Gasteiger partial charge in [-0.2, -0.15) is 13.2 Å². The van der Waals surface area contributed by atoms with Crippen molar-refractivity contribution in [1.29, 1.82) is 0 Å². The zero-order valence-electron chi connectivity index (χ0n) is 16.7. The highest BCUT2D eigenvalue weighted by Gasteiger charge is 2.47. The summed E-state index contributed by atoms with van der Waals surface area (Å²) in [5.41, 5.74) is -0.986. The molecule has 0 radical (unpaired) electrons. The van der Waals surface area contributed by atoms with Gasteiger partial charge in [-0.15, -0.1) is 0 Å². The molecule has 2 N–H and O–H groups in total. The molecule has 33 heavy (non-hydrogen) atoms. The topological polar surface area (TPSA) is 77.8 Å². The Balaban J connectivity index is 1.95. The SMILES string of the molecule is O=C1C(=O)N(c2cccc(C(F)(F)F)c2)C(c2cccc(O)c2)/C1=C(\O)c1ccc(Br)cc1. The number of anilines is 1. The van der Waals surface area contributed by atoms with E-state index in [9.17, 15) is 33.0 Å². The number of hydrogen-bond donors (Lipinski definition) is 2. The molecule has 1 amide bonds. The van der Waals surface area contributed by atoms with Gasteiger partial charge in [0.05, 0.1) is 17.2 Å². The third-order valence-electron chi connectivity index (χ3n) is 5.20. The summed E-state index contributed by atoms with van der Waals surface area (Å²) in [7, 11) is 0. The molecule has 0 aromatic heterocycles. The number of Topliss-reactive ketones (excluding diaryl/α,β-unsaturated/α-hetero) is 1. The number of amides is 1. The predicted molar refractivity (Wildman–Crippen MR) is 118 cm³/mol.